The number of hydrogen-bond acceptors (Lipinski definition) is 7. The van der Waals surface area contributed by atoms with Crippen molar-refractivity contribution in [2.75, 3.05) is 6.61 Å². The lowest BCUT2D eigenvalue weighted by Crippen LogP contribution is -2.59. The number of rotatable bonds is 7. The SMILES string of the molecule is O=C1COc2ccc(cc2)C[C@@H](C(=O)O)NC(=O)[C@H](Cc2ccccc2)NC(=O)[C@H](Cc2ccc(Cl)cc2Cl)NC(=O)[C@H](CC2CC=CS2)N1. The first kappa shape index (κ1) is 36.8. The minimum Gasteiger partial charge on any atom is -0.484 e. The maximum Gasteiger partial charge on any atom is 0.326 e. The van der Waals surface area contributed by atoms with Gasteiger partial charge in [0, 0.05) is 34.6 Å². The molecular weight excluding hydrogens is 703 g/mol. The van der Waals surface area contributed by atoms with Crippen molar-refractivity contribution in [3.63, 3.8) is 0 Å². The van der Waals surface area contributed by atoms with Crippen LogP contribution >= 0.6 is 35.0 Å². The Bertz CT molecular complexity index is 1730. The van der Waals surface area contributed by atoms with Crippen molar-refractivity contribution in [1.82, 2.24) is 21.3 Å². The molecule has 0 saturated carbocycles. The molecule has 3 aliphatic heterocycles. The molecule has 1 unspecified atom stereocenters. The smallest absolute Gasteiger partial charge is 0.326 e. The summed E-state index contributed by atoms with van der Waals surface area (Å²) in [5.74, 6) is -3.52. The van der Waals surface area contributed by atoms with Crippen LogP contribution < -0.4 is 26.0 Å². The van der Waals surface area contributed by atoms with Gasteiger partial charge in [-0.1, -0.05) is 77.8 Å². The number of nitrogens with one attached hydrogen (secondary N) is 4. The zero-order valence-corrected chi connectivity index (χ0v) is 29.1. The third-order valence-electron chi connectivity index (χ3n) is 8.25. The lowest BCUT2D eigenvalue weighted by molar-refractivity contribution is -0.142. The van der Waals surface area contributed by atoms with Crippen molar-refractivity contribution in [2.45, 2.75) is 61.5 Å². The van der Waals surface area contributed by atoms with Gasteiger partial charge in [-0.3, -0.25) is 19.2 Å². The number of carbonyl (C=O) groups is 5. The molecule has 3 aromatic carbocycles. The number of fused-ring (bicyclic) bond motifs is 16. The summed E-state index contributed by atoms with van der Waals surface area (Å²) >= 11 is 14.1. The largest absolute Gasteiger partial charge is 0.484 e. The fraction of sp³-hybridized carbons (Fsp3) is 0.306. The number of amides is 4. The first-order valence-corrected chi connectivity index (χ1v) is 17.7. The topological polar surface area (TPSA) is 163 Å². The molecule has 262 valence electrons. The predicted molar refractivity (Wildman–Crippen MR) is 191 cm³/mol. The second-order valence-electron chi connectivity index (χ2n) is 12.0. The number of halogens is 2. The quantitative estimate of drug-likeness (QED) is 0.229. The molecule has 0 aliphatic carbocycles. The van der Waals surface area contributed by atoms with E-state index in [1.54, 1.807) is 72.4 Å². The van der Waals surface area contributed by atoms with Gasteiger partial charge in [-0.15, -0.1) is 11.8 Å². The Labute approximate surface area is 303 Å². The predicted octanol–water partition coefficient (Wildman–Crippen LogP) is 3.85. The molecule has 5 N–H and O–H groups in total. The van der Waals surface area contributed by atoms with Crippen LogP contribution in [0.4, 0.5) is 0 Å². The summed E-state index contributed by atoms with van der Waals surface area (Å²) in [6.45, 7) is -0.390. The first-order chi connectivity index (χ1) is 24.0. The molecular formula is C36H36Cl2N4O7S. The maximum absolute atomic E-state index is 14.1. The third-order valence-corrected chi connectivity index (χ3v) is 9.96. The van der Waals surface area contributed by atoms with Crippen molar-refractivity contribution in [1.29, 1.82) is 0 Å². The molecule has 5 atom stereocenters. The van der Waals surface area contributed by atoms with Crippen LogP contribution in [0.1, 0.15) is 29.5 Å². The Hall–Kier alpha value is -4.52. The summed E-state index contributed by atoms with van der Waals surface area (Å²) in [5, 5.41) is 23.5. The molecule has 2 bridgehead atoms. The van der Waals surface area contributed by atoms with Crippen molar-refractivity contribution < 1.29 is 33.8 Å². The van der Waals surface area contributed by atoms with Gasteiger partial charge in [0.1, 0.15) is 29.9 Å². The fourth-order valence-electron chi connectivity index (χ4n) is 5.61. The van der Waals surface area contributed by atoms with Crippen LogP contribution in [0.25, 0.3) is 0 Å². The van der Waals surface area contributed by atoms with Crippen molar-refractivity contribution in [3.8, 4) is 5.75 Å². The van der Waals surface area contributed by atoms with Gasteiger partial charge in [-0.2, -0.15) is 0 Å². The summed E-state index contributed by atoms with van der Waals surface area (Å²) in [4.78, 5) is 67.2. The van der Waals surface area contributed by atoms with E-state index in [-0.39, 0.29) is 36.0 Å². The fourth-order valence-corrected chi connectivity index (χ4v) is 7.07. The lowest BCUT2D eigenvalue weighted by Gasteiger charge is -2.27. The molecule has 11 nitrogen and oxygen atoms in total. The normalized spacial score (nSPS) is 23.4. The highest BCUT2D eigenvalue weighted by Gasteiger charge is 2.33. The Morgan fingerprint density at radius 1 is 0.820 bits per heavy atom. The molecule has 4 amide bonds. The van der Waals surface area contributed by atoms with E-state index in [2.05, 4.69) is 21.3 Å². The van der Waals surface area contributed by atoms with Gasteiger partial charge in [0.15, 0.2) is 6.61 Å². The second-order valence-corrected chi connectivity index (χ2v) is 14.1. The molecule has 6 rings (SSSR count). The van der Waals surface area contributed by atoms with Crippen LogP contribution in [-0.2, 0) is 43.2 Å². The number of allylic oxidation sites excluding steroid dienone is 1. The number of carbonyl (C=O) groups excluding carboxylic acids is 4. The average molecular weight is 740 g/mol. The van der Waals surface area contributed by atoms with E-state index in [4.69, 9.17) is 27.9 Å². The number of ether oxygens (including phenoxy) is 1. The van der Waals surface area contributed by atoms with Crippen LogP contribution in [0.3, 0.4) is 0 Å². The van der Waals surface area contributed by atoms with Gasteiger partial charge in [0.05, 0.1) is 0 Å². The number of aliphatic carboxylic acids is 1. The third kappa shape index (κ3) is 10.5. The van der Waals surface area contributed by atoms with E-state index >= 15 is 0 Å². The number of carboxylic acid groups (broad SMARTS) is 1. The molecule has 3 aromatic rings. The molecule has 3 aliphatic rings. The Morgan fingerprint density at radius 2 is 1.50 bits per heavy atom. The van der Waals surface area contributed by atoms with E-state index in [1.165, 1.54) is 6.07 Å². The van der Waals surface area contributed by atoms with E-state index < -0.39 is 60.4 Å². The van der Waals surface area contributed by atoms with Gasteiger partial charge in [-0.25, -0.2) is 4.79 Å². The van der Waals surface area contributed by atoms with Gasteiger partial charge < -0.3 is 31.1 Å². The van der Waals surface area contributed by atoms with Crippen LogP contribution in [0, 0.1) is 0 Å². The summed E-state index contributed by atoms with van der Waals surface area (Å²) in [6, 6.07) is 15.3. The Balaban J connectivity index is 1.50. The molecule has 0 fully saturated rings. The van der Waals surface area contributed by atoms with Crippen LogP contribution in [0.5, 0.6) is 5.75 Å². The molecule has 3 heterocycles. The number of hydrogen-bond donors (Lipinski definition) is 5. The summed E-state index contributed by atoms with van der Waals surface area (Å²) in [6.07, 6.45) is 2.85. The first-order valence-electron chi connectivity index (χ1n) is 16.0. The highest BCUT2D eigenvalue weighted by atomic mass is 35.5. The van der Waals surface area contributed by atoms with Gasteiger partial charge >= 0.3 is 5.97 Å². The zero-order valence-electron chi connectivity index (χ0n) is 26.8. The van der Waals surface area contributed by atoms with Gasteiger partial charge in [0.25, 0.3) is 5.91 Å². The number of thioether (sulfide) groups is 1. The Morgan fingerprint density at radius 3 is 2.16 bits per heavy atom. The molecule has 0 aromatic heterocycles. The number of carboxylic acids is 1. The standard InChI is InChI=1S/C36H36Cl2N4O7S/c37-24-11-10-23(27(38)18-24)17-29-34(45)40-28(15-21-5-2-1-3-6-21)33(44)42-31(36(47)48)16-22-8-12-25(13-9-22)49-20-32(43)39-30(35(46)41-29)19-26-7-4-14-50-26/h1-6,8-14,18,26,28-31H,7,15-17,19-20H2,(H,39,43)(H,40,45)(H,41,46)(H,42,44)(H,47,48)/t26?,28-,29-,30-,31-/m0/s1. The molecule has 0 spiro atoms. The van der Waals surface area contributed by atoms with E-state index in [0.29, 0.717) is 33.9 Å². The Kier molecular flexibility index (Phi) is 12.8. The van der Waals surface area contributed by atoms with Crippen LogP contribution in [-0.4, -0.2) is 70.7 Å². The summed E-state index contributed by atoms with van der Waals surface area (Å²) in [7, 11) is 0. The second kappa shape index (κ2) is 17.4. The monoisotopic (exact) mass is 738 g/mol. The highest BCUT2D eigenvalue weighted by Crippen LogP contribution is 2.28. The highest BCUT2D eigenvalue weighted by molar-refractivity contribution is 8.03. The van der Waals surface area contributed by atoms with E-state index in [0.717, 1.165) is 0 Å². The molecule has 0 radical (unpaired) electrons. The number of benzene rings is 3. The minimum atomic E-state index is -1.33. The summed E-state index contributed by atoms with van der Waals surface area (Å²) < 4.78 is 5.66. The van der Waals surface area contributed by atoms with Crippen LogP contribution in [0.2, 0.25) is 10.0 Å². The van der Waals surface area contributed by atoms with E-state index in [9.17, 15) is 29.1 Å². The summed E-state index contributed by atoms with van der Waals surface area (Å²) in [5.41, 5.74) is 1.80. The molecule has 0 saturated heterocycles. The van der Waals surface area contributed by atoms with Crippen molar-refractivity contribution in [3.05, 3.63) is 111 Å². The minimum absolute atomic E-state index is 0.0141. The van der Waals surface area contributed by atoms with Crippen molar-refractivity contribution >= 4 is 64.6 Å². The maximum atomic E-state index is 14.1. The van der Waals surface area contributed by atoms with Gasteiger partial charge in [-0.05, 0) is 59.2 Å². The van der Waals surface area contributed by atoms with Crippen LogP contribution in [0.15, 0.2) is 84.3 Å². The zero-order chi connectivity index (χ0) is 35.6. The average Bonchev–Trinajstić information content (AvgIpc) is 3.61. The lowest BCUT2D eigenvalue weighted by atomic mass is 10.0. The molecule has 14 heteroatoms. The van der Waals surface area contributed by atoms with Gasteiger partial charge in [0.2, 0.25) is 17.7 Å². The molecule has 50 heavy (non-hydrogen) atoms. The van der Waals surface area contributed by atoms with E-state index in [1.807, 2.05) is 17.6 Å². The van der Waals surface area contributed by atoms with Crippen molar-refractivity contribution in [2.24, 2.45) is 0 Å².